The smallest absolute Gasteiger partial charge is 0.333 e. The molecular weight excluding hydrogens is 475 g/mol. The van der Waals surface area contributed by atoms with E-state index in [2.05, 4.69) is 42.2 Å². The highest BCUT2D eigenvalue weighted by Crippen LogP contribution is 2.24. The van der Waals surface area contributed by atoms with Crippen molar-refractivity contribution in [1.82, 2.24) is 4.90 Å². The van der Waals surface area contributed by atoms with Gasteiger partial charge in [-0.15, -0.1) is 0 Å². The minimum absolute atomic E-state index is 0.0240. The van der Waals surface area contributed by atoms with E-state index in [1.165, 1.54) is 4.90 Å². The number of amides is 3. The standard InChI is InChI=1S/C19H29IN2O4Si/c1-27(2,3)14-13-25-15-22-18(23)9-11-21(19(22)24)16-5-7-17(8-6-16)26-12-4-10-20/h5-8H,4,9-15H2,1-3H3. The van der Waals surface area contributed by atoms with Crippen molar-refractivity contribution in [3.63, 3.8) is 0 Å². The molecule has 0 aliphatic carbocycles. The van der Waals surface area contributed by atoms with Gasteiger partial charge in [0.1, 0.15) is 12.5 Å². The molecule has 1 saturated heterocycles. The molecule has 1 aliphatic rings. The number of anilines is 1. The van der Waals surface area contributed by atoms with Gasteiger partial charge in [-0.3, -0.25) is 9.69 Å². The van der Waals surface area contributed by atoms with Crippen LogP contribution < -0.4 is 9.64 Å². The third kappa shape index (κ3) is 7.08. The molecule has 0 atom stereocenters. The van der Waals surface area contributed by atoms with Crippen LogP contribution in [0.5, 0.6) is 5.75 Å². The van der Waals surface area contributed by atoms with Gasteiger partial charge in [0, 0.05) is 37.8 Å². The summed E-state index contributed by atoms with van der Waals surface area (Å²) in [6, 6.07) is 8.13. The largest absolute Gasteiger partial charge is 0.494 e. The number of nitrogens with zero attached hydrogens (tertiary/aromatic N) is 2. The molecule has 0 aromatic heterocycles. The van der Waals surface area contributed by atoms with Crippen molar-refractivity contribution >= 4 is 48.3 Å². The lowest BCUT2D eigenvalue weighted by Gasteiger charge is -2.34. The van der Waals surface area contributed by atoms with Gasteiger partial charge < -0.3 is 9.47 Å². The van der Waals surface area contributed by atoms with E-state index in [4.69, 9.17) is 9.47 Å². The monoisotopic (exact) mass is 504 g/mol. The molecule has 8 heteroatoms. The number of hydrogen-bond acceptors (Lipinski definition) is 4. The number of carbonyl (C=O) groups excluding carboxylic acids is 2. The summed E-state index contributed by atoms with van der Waals surface area (Å²) in [6.45, 7) is 8.48. The van der Waals surface area contributed by atoms with E-state index in [-0.39, 0.29) is 18.7 Å². The fraction of sp³-hybridized carbons (Fsp3) is 0.579. The van der Waals surface area contributed by atoms with E-state index in [1.807, 2.05) is 24.3 Å². The normalized spacial score (nSPS) is 15.4. The number of hydrogen-bond donors (Lipinski definition) is 0. The third-order valence-electron chi connectivity index (χ3n) is 4.22. The van der Waals surface area contributed by atoms with Crippen molar-refractivity contribution in [3.8, 4) is 5.75 Å². The van der Waals surface area contributed by atoms with Gasteiger partial charge in [-0.1, -0.05) is 42.2 Å². The SMILES string of the molecule is C[Si](C)(C)CCOCN1C(=O)CCN(c2ccc(OCCCI)cc2)C1=O. The van der Waals surface area contributed by atoms with Gasteiger partial charge in [0.2, 0.25) is 5.91 Å². The van der Waals surface area contributed by atoms with E-state index in [0.717, 1.165) is 28.3 Å². The lowest BCUT2D eigenvalue weighted by Crippen LogP contribution is -2.53. The van der Waals surface area contributed by atoms with Crippen molar-refractivity contribution in [3.05, 3.63) is 24.3 Å². The first-order valence-electron chi connectivity index (χ1n) is 9.30. The van der Waals surface area contributed by atoms with Crippen LogP contribution in [-0.4, -0.2) is 55.8 Å². The van der Waals surface area contributed by atoms with E-state index >= 15 is 0 Å². The molecule has 2 rings (SSSR count). The second-order valence-electron chi connectivity index (χ2n) is 7.74. The predicted molar refractivity (Wildman–Crippen MR) is 119 cm³/mol. The number of urea groups is 1. The summed E-state index contributed by atoms with van der Waals surface area (Å²) in [5.41, 5.74) is 0.765. The molecule has 0 spiro atoms. The average molecular weight is 504 g/mol. The maximum absolute atomic E-state index is 12.8. The molecule has 1 fully saturated rings. The van der Waals surface area contributed by atoms with Crippen LogP contribution in [0.25, 0.3) is 0 Å². The summed E-state index contributed by atoms with van der Waals surface area (Å²) in [5, 5.41) is 0. The van der Waals surface area contributed by atoms with Crippen molar-refractivity contribution in [2.75, 3.05) is 35.8 Å². The van der Waals surface area contributed by atoms with Crippen molar-refractivity contribution in [2.24, 2.45) is 0 Å². The van der Waals surface area contributed by atoms with Crippen molar-refractivity contribution in [2.45, 2.75) is 38.5 Å². The molecule has 150 valence electrons. The van der Waals surface area contributed by atoms with Crippen LogP contribution in [0.15, 0.2) is 24.3 Å². The molecule has 1 aromatic rings. The zero-order chi connectivity index (χ0) is 19.9. The number of alkyl halides is 1. The molecule has 0 bridgehead atoms. The maximum atomic E-state index is 12.8. The van der Waals surface area contributed by atoms with Gasteiger partial charge in [-0.25, -0.2) is 9.69 Å². The second kappa shape index (κ2) is 10.4. The van der Waals surface area contributed by atoms with Gasteiger partial charge in [0.05, 0.1) is 6.61 Å². The van der Waals surface area contributed by atoms with E-state index < -0.39 is 8.07 Å². The van der Waals surface area contributed by atoms with E-state index in [1.54, 1.807) is 4.90 Å². The minimum Gasteiger partial charge on any atom is -0.494 e. The molecule has 6 nitrogen and oxygen atoms in total. The Morgan fingerprint density at radius 2 is 1.81 bits per heavy atom. The van der Waals surface area contributed by atoms with Gasteiger partial charge in [0.15, 0.2) is 0 Å². The molecule has 0 radical (unpaired) electrons. The molecular formula is C19H29IN2O4Si. The Morgan fingerprint density at radius 3 is 2.44 bits per heavy atom. The Balaban J connectivity index is 1.93. The van der Waals surface area contributed by atoms with E-state index in [0.29, 0.717) is 26.2 Å². The highest BCUT2D eigenvalue weighted by molar-refractivity contribution is 14.1. The highest BCUT2D eigenvalue weighted by Gasteiger charge is 2.33. The first-order valence-corrected chi connectivity index (χ1v) is 14.5. The Bertz CT molecular complexity index is 634. The first kappa shape index (κ1) is 22.2. The second-order valence-corrected chi connectivity index (χ2v) is 14.4. The summed E-state index contributed by atoms with van der Waals surface area (Å²) in [5.74, 6) is 0.610. The molecule has 1 aromatic carbocycles. The van der Waals surface area contributed by atoms with Gasteiger partial charge in [-0.05, 0) is 36.7 Å². The molecule has 3 amide bonds. The number of halogens is 1. The summed E-state index contributed by atoms with van der Waals surface area (Å²) in [4.78, 5) is 27.7. The quantitative estimate of drug-likeness (QED) is 0.206. The molecule has 1 heterocycles. The minimum atomic E-state index is -1.20. The Morgan fingerprint density at radius 1 is 1.11 bits per heavy atom. The van der Waals surface area contributed by atoms with Crippen LogP contribution >= 0.6 is 22.6 Å². The number of imide groups is 1. The zero-order valence-corrected chi connectivity index (χ0v) is 19.5. The number of carbonyl (C=O) groups is 2. The topological polar surface area (TPSA) is 59.1 Å². The highest BCUT2D eigenvalue weighted by atomic mass is 127. The summed E-state index contributed by atoms with van der Waals surface area (Å²) in [7, 11) is -1.20. The molecule has 0 N–H and O–H groups in total. The van der Waals surface area contributed by atoms with Crippen LogP contribution in [0.2, 0.25) is 25.7 Å². The Kier molecular flexibility index (Phi) is 8.55. The van der Waals surface area contributed by atoms with Crippen LogP contribution in [0.1, 0.15) is 12.8 Å². The summed E-state index contributed by atoms with van der Waals surface area (Å²) < 4.78 is 12.3. The zero-order valence-electron chi connectivity index (χ0n) is 16.4. The third-order valence-corrected chi connectivity index (χ3v) is 6.69. The van der Waals surface area contributed by atoms with Gasteiger partial charge in [0.25, 0.3) is 0 Å². The Labute approximate surface area is 176 Å². The first-order chi connectivity index (χ1) is 12.8. The summed E-state index contributed by atoms with van der Waals surface area (Å²) in [6.07, 6.45) is 1.30. The van der Waals surface area contributed by atoms with E-state index in [9.17, 15) is 9.59 Å². The molecule has 1 aliphatic heterocycles. The predicted octanol–water partition coefficient (Wildman–Crippen LogP) is 4.36. The van der Waals surface area contributed by atoms with Gasteiger partial charge in [-0.2, -0.15) is 0 Å². The van der Waals surface area contributed by atoms with Gasteiger partial charge >= 0.3 is 6.03 Å². The lowest BCUT2D eigenvalue weighted by atomic mass is 10.2. The van der Waals surface area contributed by atoms with Crippen molar-refractivity contribution in [1.29, 1.82) is 0 Å². The molecule has 27 heavy (non-hydrogen) atoms. The lowest BCUT2D eigenvalue weighted by molar-refractivity contribution is -0.133. The average Bonchev–Trinajstić information content (AvgIpc) is 2.61. The van der Waals surface area contributed by atoms with Crippen LogP contribution in [-0.2, 0) is 9.53 Å². The van der Waals surface area contributed by atoms with Crippen LogP contribution in [0.3, 0.4) is 0 Å². The van der Waals surface area contributed by atoms with Crippen LogP contribution in [0.4, 0.5) is 10.5 Å². The van der Waals surface area contributed by atoms with Crippen molar-refractivity contribution < 1.29 is 19.1 Å². The number of rotatable bonds is 10. The molecule has 0 unspecified atom stereocenters. The van der Waals surface area contributed by atoms with Crippen LogP contribution in [0, 0.1) is 0 Å². The fourth-order valence-corrected chi connectivity index (χ4v) is 3.63. The Hall–Kier alpha value is -1.13. The maximum Gasteiger partial charge on any atom is 0.333 e. The number of ether oxygens (including phenoxy) is 2. The molecule has 0 saturated carbocycles. The summed E-state index contributed by atoms with van der Waals surface area (Å²) >= 11 is 2.32. The fourth-order valence-electron chi connectivity index (χ4n) is 2.56. The number of benzene rings is 1.